The number of para-hydroxylation sites is 1. The topological polar surface area (TPSA) is 81.9 Å². The predicted molar refractivity (Wildman–Crippen MR) is 95.8 cm³/mol. The Morgan fingerprint density at radius 1 is 1.04 bits per heavy atom. The van der Waals surface area contributed by atoms with E-state index in [9.17, 15) is 9.59 Å². The van der Waals surface area contributed by atoms with E-state index >= 15 is 0 Å². The summed E-state index contributed by atoms with van der Waals surface area (Å²) in [6.45, 7) is 1.42. The fourth-order valence-corrected chi connectivity index (χ4v) is 3.98. The molecule has 3 fully saturated rings. The smallest absolute Gasteiger partial charge is 0.257 e. The maximum absolute atomic E-state index is 12.9. The number of hydrogen-bond donors (Lipinski definition) is 1. The second-order valence-corrected chi connectivity index (χ2v) is 7.59. The number of rotatable bonds is 5. The Kier molecular flexibility index (Phi) is 4.85. The van der Waals surface area contributed by atoms with Crippen molar-refractivity contribution < 1.29 is 19.1 Å². The quantitative estimate of drug-likeness (QED) is 0.874. The molecule has 1 aromatic rings. The third kappa shape index (κ3) is 3.70. The summed E-state index contributed by atoms with van der Waals surface area (Å²) in [5.41, 5.74) is 6.00. The zero-order chi connectivity index (χ0) is 18.1. The molecule has 0 spiro atoms. The highest BCUT2D eigenvalue weighted by molar-refractivity contribution is 5.97. The summed E-state index contributed by atoms with van der Waals surface area (Å²) in [6.07, 6.45) is 5.45. The molecule has 6 nitrogen and oxygen atoms in total. The largest absolute Gasteiger partial charge is 0.490 e. The minimum absolute atomic E-state index is 0.0436. The van der Waals surface area contributed by atoms with Crippen LogP contribution in [0, 0.1) is 5.92 Å². The lowest BCUT2D eigenvalue weighted by molar-refractivity contribution is -0.130. The molecule has 140 valence electrons. The highest BCUT2D eigenvalue weighted by Crippen LogP contribution is 2.33. The summed E-state index contributed by atoms with van der Waals surface area (Å²) < 4.78 is 11.7. The van der Waals surface area contributed by atoms with Crippen LogP contribution in [0.25, 0.3) is 0 Å². The van der Waals surface area contributed by atoms with Gasteiger partial charge in [0.05, 0.1) is 17.8 Å². The number of carbonyl (C=O) groups excluding carboxylic acids is 2. The minimum Gasteiger partial charge on any atom is -0.490 e. The summed E-state index contributed by atoms with van der Waals surface area (Å²) in [5.74, 6) is 0.765. The number of ether oxygens (including phenoxy) is 2. The summed E-state index contributed by atoms with van der Waals surface area (Å²) >= 11 is 0. The first-order chi connectivity index (χ1) is 12.6. The van der Waals surface area contributed by atoms with Crippen molar-refractivity contribution in [1.29, 1.82) is 0 Å². The zero-order valence-electron chi connectivity index (χ0n) is 14.9. The molecule has 2 heterocycles. The number of hydrogen-bond acceptors (Lipinski definition) is 4. The molecule has 2 amide bonds. The van der Waals surface area contributed by atoms with E-state index in [1.165, 1.54) is 0 Å². The van der Waals surface area contributed by atoms with Crippen LogP contribution in [-0.4, -0.2) is 48.1 Å². The van der Waals surface area contributed by atoms with Gasteiger partial charge in [-0.2, -0.15) is 0 Å². The highest BCUT2D eigenvalue weighted by atomic mass is 16.5. The Morgan fingerprint density at radius 2 is 1.77 bits per heavy atom. The maximum Gasteiger partial charge on any atom is 0.257 e. The average Bonchev–Trinajstić information content (AvgIpc) is 3.33. The number of piperidine rings is 1. The Morgan fingerprint density at radius 3 is 2.42 bits per heavy atom. The van der Waals surface area contributed by atoms with Gasteiger partial charge in [0.1, 0.15) is 11.9 Å². The summed E-state index contributed by atoms with van der Waals surface area (Å²) in [6, 6.07) is 7.53. The second kappa shape index (κ2) is 7.27. The van der Waals surface area contributed by atoms with Gasteiger partial charge in [-0.15, -0.1) is 0 Å². The molecule has 26 heavy (non-hydrogen) atoms. The van der Waals surface area contributed by atoms with E-state index in [1.54, 1.807) is 0 Å². The van der Waals surface area contributed by atoms with Crippen molar-refractivity contribution in [2.24, 2.45) is 11.7 Å². The van der Waals surface area contributed by atoms with Crippen LogP contribution in [0.2, 0.25) is 0 Å². The molecular weight excluding hydrogens is 332 g/mol. The van der Waals surface area contributed by atoms with Crippen molar-refractivity contribution in [1.82, 2.24) is 4.90 Å². The lowest BCUT2D eigenvalue weighted by Crippen LogP contribution is -2.41. The molecule has 2 atom stereocenters. The normalized spacial score (nSPS) is 26.7. The first kappa shape index (κ1) is 17.3. The number of nitrogens with two attached hydrogens (primary N) is 1. The first-order valence-corrected chi connectivity index (χ1v) is 9.61. The molecule has 2 saturated heterocycles. The fraction of sp³-hybridized carbons (Fsp3) is 0.600. The molecule has 1 saturated carbocycles. The number of nitrogens with zero attached hydrogens (tertiary/aromatic N) is 1. The first-order valence-electron chi connectivity index (χ1n) is 9.61. The molecule has 1 aromatic carbocycles. The van der Waals surface area contributed by atoms with Gasteiger partial charge in [0, 0.05) is 13.1 Å². The number of benzene rings is 1. The molecule has 0 aromatic heterocycles. The molecule has 0 unspecified atom stereocenters. The Hall–Kier alpha value is -2.08. The van der Waals surface area contributed by atoms with E-state index in [4.69, 9.17) is 15.2 Å². The van der Waals surface area contributed by atoms with E-state index in [1.807, 2.05) is 29.2 Å². The van der Waals surface area contributed by atoms with Gasteiger partial charge >= 0.3 is 0 Å². The van der Waals surface area contributed by atoms with E-state index in [2.05, 4.69) is 0 Å². The standard InChI is InChI=1S/C20H26N2O4/c21-19(23)18-8-7-16(26-18)13-9-11-22(12-10-13)20(24)15-3-1-2-4-17(15)25-14-5-6-14/h1-4,13-14,16,18H,5-12H2,(H2,21,23)/t16-,18+/m0/s1. The van der Waals surface area contributed by atoms with Gasteiger partial charge in [0.25, 0.3) is 5.91 Å². The molecule has 1 aliphatic carbocycles. The van der Waals surface area contributed by atoms with Crippen LogP contribution in [0.15, 0.2) is 24.3 Å². The van der Waals surface area contributed by atoms with E-state index in [0.29, 0.717) is 36.7 Å². The number of amides is 2. The van der Waals surface area contributed by atoms with Crippen molar-refractivity contribution in [3.8, 4) is 5.75 Å². The molecule has 0 bridgehead atoms. The van der Waals surface area contributed by atoms with Crippen LogP contribution in [-0.2, 0) is 9.53 Å². The van der Waals surface area contributed by atoms with Crippen molar-refractivity contribution in [3.05, 3.63) is 29.8 Å². The molecule has 2 N–H and O–H groups in total. The van der Waals surface area contributed by atoms with E-state index < -0.39 is 6.10 Å². The fourth-order valence-electron chi connectivity index (χ4n) is 3.98. The van der Waals surface area contributed by atoms with Crippen molar-refractivity contribution in [2.45, 2.75) is 56.8 Å². The van der Waals surface area contributed by atoms with Crippen LogP contribution < -0.4 is 10.5 Å². The van der Waals surface area contributed by atoms with Crippen molar-refractivity contribution in [2.75, 3.05) is 13.1 Å². The highest BCUT2D eigenvalue weighted by Gasteiger charge is 2.37. The zero-order valence-corrected chi connectivity index (χ0v) is 14.9. The van der Waals surface area contributed by atoms with Gasteiger partial charge in [-0.1, -0.05) is 12.1 Å². The van der Waals surface area contributed by atoms with E-state index in [0.717, 1.165) is 32.1 Å². The molecule has 3 aliphatic rings. The Labute approximate surface area is 153 Å². The monoisotopic (exact) mass is 358 g/mol. The van der Waals surface area contributed by atoms with E-state index in [-0.39, 0.29) is 24.0 Å². The Bertz CT molecular complexity index is 680. The maximum atomic E-state index is 12.9. The SMILES string of the molecule is NC(=O)[C@H]1CC[C@@H](C2CCN(C(=O)c3ccccc3OC3CC3)CC2)O1. The van der Waals surface area contributed by atoms with Crippen LogP contribution >= 0.6 is 0 Å². The number of likely N-dealkylation sites (tertiary alicyclic amines) is 1. The van der Waals surface area contributed by atoms with Gasteiger partial charge in [-0.05, 0) is 56.6 Å². The van der Waals surface area contributed by atoms with Crippen LogP contribution in [0.4, 0.5) is 0 Å². The van der Waals surface area contributed by atoms with Gasteiger partial charge in [0.2, 0.25) is 5.91 Å². The van der Waals surface area contributed by atoms with Crippen molar-refractivity contribution in [3.63, 3.8) is 0 Å². The number of primary amides is 1. The summed E-state index contributed by atoms with van der Waals surface area (Å²) in [7, 11) is 0. The molecule has 2 aliphatic heterocycles. The molecule has 4 rings (SSSR count). The summed E-state index contributed by atoms with van der Waals surface area (Å²) in [4.78, 5) is 26.1. The number of carbonyl (C=O) groups is 2. The van der Waals surface area contributed by atoms with Gasteiger partial charge in [-0.25, -0.2) is 0 Å². The average molecular weight is 358 g/mol. The lowest BCUT2D eigenvalue weighted by atomic mass is 9.89. The molecular formula is C20H26N2O4. The van der Waals surface area contributed by atoms with Gasteiger partial charge in [0.15, 0.2) is 0 Å². The van der Waals surface area contributed by atoms with Crippen LogP contribution in [0.5, 0.6) is 5.75 Å². The van der Waals surface area contributed by atoms with Crippen LogP contribution in [0.3, 0.4) is 0 Å². The Balaban J connectivity index is 1.35. The minimum atomic E-state index is -0.439. The molecule has 0 radical (unpaired) electrons. The third-order valence-electron chi connectivity index (χ3n) is 5.66. The van der Waals surface area contributed by atoms with Crippen LogP contribution in [0.1, 0.15) is 48.9 Å². The van der Waals surface area contributed by atoms with Gasteiger partial charge < -0.3 is 20.1 Å². The lowest BCUT2D eigenvalue weighted by Gasteiger charge is -2.34. The third-order valence-corrected chi connectivity index (χ3v) is 5.66. The second-order valence-electron chi connectivity index (χ2n) is 7.59. The van der Waals surface area contributed by atoms with Crippen molar-refractivity contribution >= 4 is 11.8 Å². The molecule has 6 heteroatoms. The summed E-state index contributed by atoms with van der Waals surface area (Å²) in [5, 5.41) is 0. The predicted octanol–water partition coefficient (Wildman–Crippen LogP) is 2.11. The van der Waals surface area contributed by atoms with Gasteiger partial charge in [-0.3, -0.25) is 9.59 Å².